The van der Waals surface area contributed by atoms with Crippen molar-refractivity contribution in [1.29, 1.82) is 0 Å². The van der Waals surface area contributed by atoms with Gasteiger partial charge in [-0.2, -0.15) is 0 Å². The second-order valence-electron chi connectivity index (χ2n) is 6.26. The van der Waals surface area contributed by atoms with Crippen LogP contribution in [-0.2, 0) is 4.79 Å². The Morgan fingerprint density at radius 3 is 2.71 bits per heavy atom. The highest BCUT2D eigenvalue weighted by atomic mass is 16.5. The number of hydrogen-bond acceptors (Lipinski definition) is 4. The van der Waals surface area contributed by atoms with Gasteiger partial charge >= 0.3 is 5.97 Å². The molecule has 1 N–H and O–H groups in total. The van der Waals surface area contributed by atoms with Gasteiger partial charge in [0.15, 0.2) is 5.78 Å². The van der Waals surface area contributed by atoms with Crippen LogP contribution in [0.25, 0.3) is 10.8 Å². The van der Waals surface area contributed by atoms with Gasteiger partial charge in [-0.25, -0.2) is 0 Å². The lowest BCUT2D eigenvalue weighted by atomic mass is 9.89. The minimum atomic E-state index is -0.845. The fourth-order valence-electron chi connectivity index (χ4n) is 3.34. The SMILES string of the molecule is COc1ccc2cc(C(=O)C3CCCN(CC(=O)O)C3)ccc2c1. The van der Waals surface area contributed by atoms with Crippen LogP contribution in [0, 0.1) is 5.92 Å². The number of ketones is 1. The van der Waals surface area contributed by atoms with E-state index in [9.17, 15) is 9.59 Å². The standard InChI is InChI=1S/C19H21NO4/c1-24-17-7-6-13-9-15(5-4-14(13)10-17)19(23)16-3-2-8-20(11-16)12-18(21)22/h4-7,9-10,16H,2-3,8,11-12H2,1H3,(H,21,22). The van der Waals surface area contributed by atoms with Crippen molar-refractivity contribution in [3.05, 3.63) is 42.0 Å². The number of ether oxygens (including phenoxy) is 1. The lowest BCUT2D eigenvalue weighted by Gasteiger charge is -2.30. The number of carboxylic acids is 1. The largest absolute Gasteiger partial charge is 0.497 e. The fourth-order valence-corrected chi connectivity index (χ4v) is 3.34. The summed E-state index contributed by atoms with van der Waals surface area (Å²) < 4.78 is 5.22. The highest BCUT2D eigenvalue weighted by Gasteiger charge is 2.27. The number of hydrogen-bond donors (Lipinski definition) is 1. The van der Waals surface area contributed by atoms with E-state index in [4.69, 9.17) is 9.84 Å². The number of carbonyl (C=O) groups is 2. The zero-order valence-corrected chi connectivity index (χ0v) is 13.7. The third-order valence-corrected chi connectivity index (χ3v) is 4.57. The number of rotatable bonds is 5. The van der Waals surface area contributed by atoms with Crippen LogP contribution in [0.3, 0.4) is 0 Å². The summed E-state index contributed by atoms with van der Waals surface area (Å²) in [5.41, 5.74) is 0.690. The Hall–Kier alpha value is -2.40. The first-order chi connectivity index (χ1) is 11.6. The van der Waals surface area contributed by atoms with Crippen LogP contribution in [0.4, 0.5) is 0 Å². The lowest BCUT2D eigenvalue weighted by Crippen LogP contribution is -2.41. The van der Waals surface area contributed by atoms with E-state index in [0.717, 1.165) is 35.9 Å². The Kier molecular flexibility index (Phi) is 4.81. The molecule has 2 aromatic carbocycles. The average molecular weight is 327 g/mol. The molecule has 24 heavy (non-hydrogen) atoms. The highest BCUT2D eigenvalue weighted by Crippen LogP contribution is 2.25. The minimum absolute atomic E-state index is 0.00128. The number of carbonyl (C=O) groups excluding carboxylic acids is 1. The van der Waals surface area contributed by atoms with Crippen LogP contribution in [-0.4, -0.2) is 48.5 Å². The molecule has 0 aromatic heterocycles. The molecule has 5 nitrogen and oxygen atoms in total. The summed E-state index contributed by atoms with van der Waals surface area (Å²) in [5, 5.41) is 11.0. The van der Waals surface area contributed by atoms with Gasteiger partial charge in [-0.15, -0.1) is 0 Å². The maximum absolute atomic E-state index is 12.8. The van der Waals surface area contributed by atoms with Crippen molar-refractivity contribution in [1.82, 2.24) is 4.90 Å². The molecule has 0 aliphatic carbocycles. The summed E-state index contributed by atoms with van der Waals surface area (Å²) in [6, 6.07) is 11.5. The Labute approximate surface area is 140 Å². The van der Waals surface area contributed by atoms with Gasteiger partial charge in [0.05, 0.1) is 13.7 Å². The van der Waals surface area contributed by atoms with Gasteiger partial charge in [0.25, 0.3) is 0 Å². The minimum Gasteiger partial charge on any atom is -0.497 e. The summed E-state index contributed by atoms with van der Waals surface area (Å²) in [4.78, 5) is 25.5. The zero-order chi connectivity index (χ0) is 17.1. The number of methoxy groups -OCH3 is 1. The van der Waals surface area contributed by atoms with E-state index in [0.29, 0.717) is 12.1 Å². The highest BCUT2D eigenvalue weighted by molar-refractivity contribution is 6.01. The lowest BCUT2D eigenvalue weighted by molar-refractivity contribution is -0.138. The molecule has 0 saturated carbocycles. The molecular formula is C19H21NO4. The number of aliphatic carboxylic acids is 1. The van der Waals surface area contributed by atoms with E-state index in [1.807, 2.05) is 41.3 Å². The zero-order valence-electron chi connectivity index (χ0n) is 13.7. The Morgan fingerprint density at radius 2 is 1.96 bits per heavy atom. The molecule has 1 heterocycles. The van der Waals surface area contributed by atoms with E-state index in [2.05, 4.69) is 0 Å². The van der Waals surface area contributed by atoms with Crippen LogP contribution in [0.15, 0.2) is 36.4 Å². The molecule has 1 aliphatic heterocycles. The summed E-state index contributed by atoms with van der Waals surface area (Å²) in [7, 11) is 1.63. The number of nitrogens with zero attached hydrogens (tertiary/aromatic N) is 1. The van der Waals surface area contributed by atoms with Crippen molar-refractivity contribution in [2.75, 3.05) is 26.7 Å². The number of likely N-dealkylation sites (tertiary alicyclic amines) is 1. The molecule has 1 aliphatic rings. The molecule has 126 valence electrons. The predicted molar refractivity (Wildman–Crippen MR) is 91.6 cm³/mol. The molecule has 0 spiro atoms. The van der Waals surface area contributed by atoms with Gasteiger partial charge in [0.1, 0.15) is 5.75 Å². The first-order valence-electron chi connectivity index (χ1n) is 8.13. The average Bonchev–Trinajstić information content (AvgIpc) is 2.59. The van der Waals surface area contributed by atoms with Crippen molar-refractivity contribution in [2.45, 2.75) is 12.8 Å². The molecule has 0 bridgehead atoms. The van der Waals surface area contributed by atoms with E-state index < -0.39 is 5.97 Å². The normalized spacial score (nSPS) is 18.5. The van der Waals surface area contributed by atoms with Crippen LogP contribution < -0.4 is 4.74 Å². The van der Waals surface area contributed by atoms with Crippen molar-refractivity contribution in [2.24, 2.45) is 5.92 Å². The molecule has 5 heteroatoms. The number of carboxylic acid groups (broad SMARTS) is 1. The molecule has 0 amide bonds. The third kappa shape index (κ3) is 3.57. The molecule has 2 aromatic rings. The van der Waals surface area contributed by atoms with E-state index in [1.54, 1.807) is 7.11 Å². The fraction of sp³-hybridized carbons (Fsp3) is 0.368. The summed E-state index contributed by atoms with van der Waals surface area (Å²) in [5.74, 6) is -0.0856. The number of piperidine rings is 1. The molecule has 1 fully saturated rings. The van der Waals surface area contributed by atoms with Gasteiger partial charge < -0.3 is 9.84 Å². The third-order valence-electron chi connectivity index (χ3n) is 4.57. The molecule has 1 saturated heterocycles. The Morgan fingerprint density at radius 1 is 1.21 bits per heavy atom. The molecular weight excluding hydrogens is 306 g/mol. The first-order valence-corrected chi connectivity index (χ1v) is 8.13. The van der Waals surface area contributed by atoms with Crippen LogP contribution in [0.1, 0.15) is 23.2 Å². The van der Waals surface area contributed by atoms with E-state index in [1.165, 1.54) is 0 Å². The summed E-state index contributed by atoms with van der Waals surface area (Å²) in [6.45, 7) is 1.26. The summed E-state index contributed by atoms with van der Waals surface area (Å²) >= 11 is 0. The monoisotopic (exact) mass is 327 g/mol. The quantitative estimate of drug-likeness (QED) is 0.855. The molecule has 3 rings (SSSR count). The van der Waals surface area contributed by atoms with Crippen LogP contribution >= 0.6 is 0 Å². The van der Waals surface area contributed by atoms with E-state index in [-0.39, 0.29) is 18.2 Å². The Bertz CT molecular complexity index is 771. The molecule has 1 unspecified atom stereocenters. The first kappa shape index (κ1) is 16.5. The van der Waals surface area contributed by atoms with Crippen molar-refractivity contribution in [3.8, 4) is 5.75 Å². The van der Waals surface area contributed by atoms with Gasteiger partial charge in [-0.05, 0) is 48.4 Å². The number of Topliss-reactive ketones (excluding diaryl/α,β-unsaturated/α-hetero) is 1. The van der Waals surface area contributed by atoms with Crippen molar-refractivity contribution < 1.29 is 19.4 Å². The number of fused-ring (bicyclic) bond motifs is 1. The molecule has 0 radical (unpaired) electrons. The van der Waals surface area contributed by atoms with Crippen molar-refractivity contribution in [3.63, 3.8) is 0 Å². The van der Waals surface area contributed by atoms with Gasteiger partial charge in [0, 0.05) is 18.0 Å². The van der Waals surface area contributed by atoms with Gasteiger partial charge in [0.2, 0.25) is 0 Å². The number of benzene rings is 2. The van der Waals surface area contributed by atoms with Gasteiger partial charge in [-0.3, -0.25) is 14.5 Å². The second kappa shape index (κ2) is 7.01. The maximum Gasteiger partial charge on any atom is 0.317 e. The maximum atomic E-state index is 12.8. The van der Waals surface area contributed by atoms with E-state index >= 15 is 0 Å². The van der Waals surface area contributed by atoms with Crippen LogP contribution in [0.5, 0.6) is 5.75 Å². The Balaban J connectivity index is 1.79. The van der Waals surface area contributed by atoms with Gasteiger partial charge in [-0.1, -0.05) is 18.2 Å². The smallest absolute Gasteiger partial charge is 0.317 e. The second-order valence-corrected chi connectivity index (χ2v) is 6.26. The summed E-state index contributed by atoms with van der Waals surface area (Å²) in [6.07, 6.45) is 1.67. The van der Waals surface area contributed by atoms with Crippen molar-refractivity contribution >= 4 is 22.5 Å². The topological polar surface area (TPSA) is 66.8 Å². The molecule has 1 atom stereocenters. The predicted octanol–water partition coefficient (Wildman–Crippen LogP) is 2.83. The van der Waals surface area contributed by atoms with Crippen LogP contribution in [0.2, 0.25) is 0 Å².